The first-order valence-corrected chi connectivity index (χ1v) is 24.0. The van der Waals surface area contributed by atoms with Crippen molar-refractivity contribution in [2.75, 3.05) is 26.2 Å². The van der Waals surface area contributed by atoms with Gasteiger partial charge in [0.15, 0.2) is 0 Å². The molecule has 4 aromatic rings. The van der Waals surface area contributed by atoms with Crippen LogP contribution in [-0.2, 0) is 50.2 Å². The molecule has 0 saturated carbocycles. The Morgan fingerprint density at radius 3 is 1.57 bits per heavy atom. The summed E-state index contributed by atoms with van der Waals surface area (Å²) in [6.45, 7) is 13.7. The Kier molecular flexibility index (Phi) is 18.1. The highest BCUT2D eigenvalue weighted by Gasteiger charge is 2.40. The molecule has 0 aliphatic carbocycles. The van der Waals surface area contributed by atoms with Gasteiger partial charge < -0.3 is 14.9 Å². The summed E-state index contributed by atoms with van der Waals surface area (Å²) in [5, 5.41) is 11.5. The number of carbonyl (C=O) groups excluding carboxylic acids is 6. The van der Waals surface area contributed by atoms with Gasteiger partial charge in [-0.3, -0.25) is 54.0 Å². The number of hydrogen-bond donors (Lipinski definition) is 3. The fraction of sp³-hybridized carbons (Fsp3) is 0.404. The first kappa shape index (κ1) is 50.4. The van der Waals surface area contributed by atoms with E-state index >= 15 is 0 Å². The topological polar surface area (TPSA) is 177 Å². The van der Waals surface area contributed by atoms with Crippen LogP contribution in [0.15, 0.2) is 102 Å². The van der Waals surface area contributed by atoms with Crippen molar-refractivity contribution in [3.63, 3.8) is 0 Å². The SMILES string of the molecule is CC.CC1CCN(Cc2ccccc2)C1.O=C1CCC(N2Cc3cc(Br)ccc3C2=O)C(=O)N1.O=C1CCC(N2Cc3cc(C4CCN(Cc5ccccc5)C4)ccc3C2=O)C(=O)N1.O=CO. The molecule has 0 spiro atoms. The molecule has 4 unspecified atom stereocenters. The minimum Gasteiger partial charge on any atom is -0.483 e. The molecule has 15 heteroatoms. The van der Waals surface area contributed by atoms with E-state index in [1.807, 2.05) is 38.1 Å². The standard InChI is InChI=1S/C24H25N3O3.C13H11BrN2O3.C12H17N.C2H6.CH2O2/c28-22-9-8-21(23(29)25-22)27-15-19-12-17(6-7-20(19)24(27)30)18-10-11-26(14-18)13-16-4-2-1-3-5-16;14-8-1-2-9-7(5-8)6-16(13(9)19)10-3-4-11(17)15-12(10)18;1-11-7-8-13(9-11)10-12-5-3-2-4-6-12;1-2;2-1-3/h1-7,12,18,21H,8-11,13-15H2,(H,25,28,29);1-2,5,10H,3-4,6H2,(H,15,17,18);2-6,11H,7-10H2,1H3;1-2H3;1H,(H,2,3). The van der Waals surface area contributed by atoms with Crippen LogP contribution in [0.4, 0.5) is 0 Å². The van der Waals surface area contributed by atoms with E-state index < -0.39 is 12.1 Å². The number of likely N-dealkylation sites (tertiary alicyclic amines) is 2. The highest BCUT2D eigenvalue weighted by atomic mass is 79.9. The smallest absolute Gasteiger partial charge is 0.290 e. The van der Waals surface area contributed by atoms with E-state index in [0.29, 0.717) is 43.0 Å². The van der Waals surface area contributed by atoms with E-state index in [1.54, 1.807) is 15.9 Å². The van der Waals surface area contributed by atoms with Crippen molar-refractivity contribution in [2.45, 2.75) is 103 Å². The molecule has 67 heavy (non-hydrogen) atoms. The van der Waals surface area contributed by atoms with E-state index in [1.165, 1.54) is 36.2 Å². The molecular weight excluding hydrogens is 917 g/mol. The van der Waals surface area contributed by atoms with Crippen LogP contribution in [-0.4, -0.2) is 105 Å². The van der Waals surface area contributed by atoms with Crippen molar-refractivity contribution in [1.29, 1.82) is 0 Å². The minimum absolute atomic E-state index is 0.108. The number of carbonyl (C=O) groups is 7. The maximum absolute atomic E-state index is 12.9. The fourth-order valence-electron chi connectivity index (χ4n) is 9.49. The Morgan fingerprint density at radius 1 is 0.627 bits per heavy atom. The van der Waals surface area contributed by atoms with Gasteiger partial charge in [0.1, 0.15) is 12.1 Å². The summed E-state index contributed by atoms with van der Waals surface area (Å²) in [6.07, 6.45) is 3.82. The summed E-state index contributed by atoms with van der Waals surface area (Å²) in [7, 11) is 0. The highest BCUT2D eigenvalue weighted by molar-refractivity contribution is 9.10. The molecule has 10 rings (SSSR count). The average Bonchev–Trinajstić information content (AvgIpc) is 4.11. The van der Waals surface area contributed by atoms with Gasteiger partial charge in [0.25, 0.3) is 18.3 Å². The van der Waals surface area contributed by atoms with Gasteiger partial charge in [0.05, 0.1) is 0 Å². The third-order valence-electron chi connectivity index (χ3n) is 12.8. The van der Waals surface area contributed by atoms with E-state index in [2.05, 4.69) is 110 Å². The number of benzene rings is 4. The van der Waals surface area contributed by atoms with Crippen LogP contribution in [0, 0.1) is 5.92 Å². The molecule has 0 radical (unpaired) electrons. The number of hydrogen-bond acceptors (Lipinski definition) is 9. The fourth-order valence-corrected chi connectivity index (χ4v) is 9.90. The number of nitrogens with one attached hydrogen (secondary N) is 2. The van der Waals surface area contributed by atoms with Gasteiger partial charge in [0.2, 0.25) is 23.6 Å². The van der Waals surface area contributed by atoms with Crippen LogP contribution < -0.4 is 10.6 Å². The van der Waals surface area contributed by atoms with Gasteiger partial charge in [-0.05, 0) is 103 Å². The number of fused-ring (bicyclic) bond motifs is 2. The summed E-state index contributed by atoms with van der Waals surface area (Å²) in [5.74, 6) is -0.170. The molecule has 3 N–H and O–H groups in total. The average molecular weight is 978 g/mol. The predicted molar refractivity (Wildman–Crippen MR) is 257 cm³/mol. The molecule has 6 aliphatic rings. The number of rotatable bonds is 7. The van der Waals surface area contributed by atoms with E-state index in [4.69, 9.17) is 9.90 Å². The molecule has 6 heterocycles. The molecule has 0 aromatic heterocycles. The van der Waals surface area contributed by atoms with Crippen LogP contribution >= 0.6 is 15.9 Å². The summed E-state index contributed by atoms with van der Waals surface area (Å²) in [6, 6.07) is 31.8. The normalized spacial score (nSPS) is 22.1. The van der Waals surface area contributed by atoms with Gasteiger partial charge in [-0.2, -0.15) is 0 Å². The zero-order valence-electron chi connectivity index (χ0n) is 38.5. The number of carboxylic acid groups (broad SMARTS) is 1. The second-order valence-electron chi connectivity index (χ2n) is 17.4. The molecule has 4 saturated heterocycles. The lowest BCUT2D eigenvalue weighted by Gasteiger charge is -2.29. The molecule has 14 nitrogen and oxygen atoms in total. The van der Waals surface area contributed by atoms with Gasteiger partial charge in [-0.1, -0.05) is 109 Å². The molecule has 6 amide bonds. The van der Waals surface area contributed by atoms with Crippen LogP contribution in [0.25, 0.3) is 0 Å². The number of nitrogens with zero attached hydrogens (tertiary/aromatic N) is 4. The predicted octanol–water partition coefficient (Wildman–Crippen LogP) is 6.90. The van der Waals surface area contributed by atoms with Crippen molar-refractivity contribution in [3.05, 3.63) is 140 Å². The largest absolute Gasteiger partial charge is 0.483 e. The third-order valence-corrected chi connectivity index (χ3v) is 13.3. The minimum atomic E-state index is -0.557. The Morgan fingerprint density at radius 2 is 1.09 bits per heavy atom. The van der Waals surface area contributed by atoms with Crippen molar-refractivity contribution in [2.24, 2.45) is 5.92 Å². The lowest BCUT2D eigenvalue weighted by molar-refractivity contribution is -0.138. The van der Waals surface area contributed by atoms with Crippen LogP contribution in [0.1, 0.15) is 114 Å². The van der Waals surface area contributed by atoms with Crippen molar-refractivity contribution >= 4 is 57.8 Å². The Labute approximate surface area is 401 Å². The van der Waals surface area contributed by atoms with E-state index in [-0.39, 0.29) is 54.8 Å². The van der Waals surface area contributed by atoms with Gasteiger partial charge in [-0.25, -0.2) is 0 Å². The zero-order chi connectivity index (χ0) is 48.0. The third kappa shape index (κ3) is 13.1. The van der Waals surface area contributed by atoms with Crippen molar-refractivity contribution in [3.8, 4) is 0 Å². The molecule has 4 atom stereocenters. The molecule has 0 bridgehead atoms. The zero-order valence-corrected chi connectivity index (χ0v) is 40.1. The second-order valence-corrected chi connectivity index (χ2v) is 18.4. The summed E-state index contributed by atoms with van der Waals surface area (Å²) >= 11 is 3.37. The number of amides is 6. The van der Waals surface area contributed by atoms with Crippen LogP contribution in [0.5, 0.6) is 0 Å². The Bertz CT molecular complexity index is 2400. The monoisotopic (exact) mass is 976 g/mol. The maximum Gasteiger partial charge on any atom is 0.290 e. The number of halogens is 1. The molecule has 6 aliphatic heterocycles. The first-order valence-electron chi connectivity index (χ1n) is 23.2. The van der Waals surface area contributed by atoms with Gasteiger partial charge in [0, 0.05) is 67.7 Å². The summed E-state index contributed by atoms with van der Waals surface area (Å²) in [4.78, 5) is 88.3. The van der Waals surface area contributed by atoms with Crippen molar-refractivity contribution < 1.29 is 38.7 Å². The lowest BCUT2D eigenvalue weighted by atomic mass is 9.95. The lowest BCUT2D eigenvalue weighted by Crippen LogP contribution is -2.52. The quantitative estimate of drug-likeness (QED) is 0.130. The van der Waals surface area contributed by atoms with Crippen LogP contribution in [0.2, 0.25) is 0 Å². The Hall–Kier alpha value is -6.03. The van der Waals surface area contributed by atoms with E-state index in [9.17, 15) is 28.8 Å². The molecule has 4 aromatic carbocycles. The molecular formula is C52H61BrN6O8. The molecule has 4 fully saturated rings. The Balaban J connectivity index is 0.000000171. The maximum atomic E-state index is 12.9. The summed E-state index contributed by atoms with van der Waals surface area (Å²) < 4.78 is 0.907. The van der Waals surface area contributed by atoms with Gasteiger partial charge >= 0.3 is 0 Å². The van der Waals surface area contributed by atoms with Crippen LogP contribution in [0.3, 0.4) is 0 Å². The highest BCUT2D eigenvalue weighted by Crippen LogP contribution is 2.34. The molecule has 354 valence electrons. The number of imide groups is 2. The number of piperidine rings is 2. The second kappa shape index (κ2) is 24.1. The van der Waals surface area contributed by atoms with Crippen molar-refractivity contribution in [1.82, 2.24) is 30.2 Å². The van der Waals surface area contributed by atoms with Gasteiger partial charge in [-0.15, -0.1) is 0 Å². The summed E-state index contributed by atoms with van der Waals surface area (Å²) in [5.41, 5.74) is 7.25. The first-order chi connectivity index (χ1) is 32.4. The van der Waals surface area contributed by atoms with E-state index in [0.717, 1.165) is 54.1 Å².